The molecular weight excluding hydrogens is 522 g/mol. The maximum Gasteiger partial charge on any atom is 0.281 e. The van der Waals surface area contributed by atoms with Crippen LogP contribution in [0, 0.1) is 17.8 Å². The number of carbonyl (C=O) groups excluding carboxylic acids is 3. The van der Waals surface area contributed by atoms with Gasteiger partial charge < -0.3 is 20.3 Å². The lowest BCUT2D eigenvalue weighted by atomic mass is 9.79. The number of benzene rings is 1. The zero-order valence-corrected chi connectivity index (χ0v) is 24.3. The van der Waals surface area contributed by atoms with Gasteiger partial charge in [0, 0.05) is 42.1 Å². The summed E-state index contributed by atoms with van der Waals surface area (Å²) in [5.41, 5.74) is 2.78. The zero-order valence-electron chi connectivity index (χ0n) is 24.3. The fraction of sp³-hybridized carbons (Fsp3) is 0.581. The standard InChI is InChI=1S/C31H39N5O5/c1-16(2)26-28(38)35-11-7-10-24(35)31(40)36(26)29(39)30(41-31,17(3)4)33-27(37)19-12-21-20-8-6-9-22-25(20)18(14-32-22)13-23(21)34(5)15-19/h6,8-9,12,14,16-17,19,23-24,26,32,40H,7,10-11,13,15H2,1-5H3,(H,33,37)/t19?,23?,24?,26?,30-,31+/m1/s1. The summed E-state index contributed by atoms with van der Waals surface area (Å²) in [5.74, 6) is -4.36. The zero-order chi connectivity index (χ0) is 29.0. The Morgan fingerprint density at radius 1 is 1.22 bits per heavy atom. The minimum Gasteiger partial charge on any atom is -0.361 e. The summed E-state index contributed by atoms with van der Waals surface area (Å²) in [5, 5.41) is 16.2. The molecule has 5 aliphatic rings. The van der Waals surface area contributed by atoms with Crippen molar-refractivity contribution in [2.45, 2.75) is 76.7 Å². The van der Waals surface area contributed by atoms with Crippen molar-refractivity contribution in [2.24, 2.45) is 17.8 Å². The highest BCUT2D eigenvalue weighted by Gasteiger charge is 2.72. The maximum atomic E-state index is 14.3. The van der Waals surface area contributed by atoms with E-state index in [0.29, 0.717) is 25.9 Å². The lowest BCUT2D eigenvalue weighted by molar-refractivity contribution is -0.323. The molecule has 7 rings (SSSR count). The van der Waals surface area contributed by atoms with E-state index >= 15 is 0 Å². The first-order chi connectivity index (χ1) is 19.5. The topological polar surface area (TPSA) is 118 Å². The minimum absolute atomic E-state index is 0.150. The molecule has 3 amide bonds. The Kier molecular flexibility index (Phi) is 5.79. The summed E-state index contributed by atoms with van der Waals surface area (Å²) in [4.78, 5) is 50.4. The molecule has 4 aliphatic heterocycles. The third-order valence-electron chi connectivity index (χ3n) is 10.1. The highest BCUT2D eigenvalue weighted by molar-refractivity contribution is 6.01. The summed E-state index contributed by atoms with van der Waals surface area (Å²) in [6, 6.07) is 4.80. The van der Waals surface area contributed by atoms with Gasteiger partial charge in [0.15, 0.2) is 0 Å². The predicted molar refractivity (Wildman–Crippen MR) is 152 cm³/mol. The molecule has 1 aliphatic carbocycles. The molecule has 3 N–H and O–H groups in total. The second-order valence-electron chi connectivity index (χ2n) is 13.1. The molecule has 5 heterocycles. The number of nitrogens with one attached hydrogen (secondary N) is 2. The number of aromatic amines is 1. The quantitative estimate of drug-likeness (QED) is 0.526. The van der Waals surface area contributed by atoms with E-state index in [2.05, 4.69) is 33.5 Å². The van der Waals surface area contributed by atoms with Gasteiger partial charge in [-0.1, -0.05) is 45.9 Å². The Balaban J connectivity index is 1.25. The van der Waals surface area contributed by atoms with Crippen LogP contribution in [-0.4, -0.2) is 92.4 Å². The smallest absolute Gasteiger partial charge is 0.281 e. The number of H-pyrrole nitrogens is 1. The van der Waals surface area contributed by atoms with Gasteiger partial charge in [0.25, 0.3) is 11.8 Å². The third-order valence-corrected chi connectivity index (χ3v) is 10.1. The molecule has 41 heavy (non-hydrogen) atoms. The average molecular weight is 562 g/mol. The van der Waals surface area contributed by atoms with E-state index in [-0.39, 0.29) is 23.8 Å². The van der Waals surface area contributed by atoms with Crippen molar-refractivity contribution in [1.29, 1.82) is 0 Å². The van der Waals surface area contributed by atoms with Crippen molar-refractivity contribution in [3.05, 3.63) is 41.6 Å². The van der Waals surface area contributed by atoms with Gasteiger partial charge >= 0.3 is 0 Å². The summed E-state index contributed by atoms with van der Waals surface area (Å²) >= 11 is 0. The van der Waals surface area contributed by atoms with Gasteiger partial charge in [-0.05, 0) is 55.0 Å². The van der Waals surface area contributed by atoms with Crippen molar-refractivity contribution in [2.75, 3.05) is 20.1 Å². The van der Waals surface area contributed by atoms with Gasteiger partial charge in [0.1, 0.15) is 12.1 Å². The van der Waals surface area contributed by atoms with E-state index in [4.69, 9.17) is 4.74 Å². The monoisotopic (exact) mass is 561 g/mol. The highest BCUT2D eigenvalue weighted by Crippen LogP contribution is 2.49. The van der Waals surface area contributed by atoms with Crippen molar-refractivity contribution in [3.8, 4) is 0 Å². The Bertz CT molecular complexity index is 1500. The molecule has 4 unspecified atom stereocenters. The Morgan fingerprint density at radius 3 is 2.73 bits per heavy atom. The number of carbonyl (C=O) groups is 3. The van der Waals surface area contributed by atoms with Gasteiger partial charge in [0.2, 0.25) is 17.5 Å². The summed E-state index contributed by atoms with van der Waals surface area (Å²) in [6.45, 7) is 8.32. The van der Waals surface area contributed by atoms with E-state index in [1.165, 1.54) is 15.8 Å². The minimum atomic E-state index is -2.01. The van der Waals surface area contributed by atoms with Crippen LogP contribution in [0.3, 0.4) is 0 Å². The number of fused-ring (bicyclic) bond motifs is 5. The van der Waals surface area contributed by atoms with Crippen LogP contribution in [0.25, 0.3) is 16.5 Å². The summed E-state index contributed by atoms with van der Waals surface area (Å²) in [7, 11) is 2.03. The Labute approximate surface area is 239 Å². The van der Waals surface area contributed by atoms with Crippen LogP contribution in [-0.2, 0) is 25.5 Å². The average Bonchev–Trinajstić information content (AvgIpc) is 3.64. The Morgan fingerprint density at radius 2 is 2.00 bits per heavy atom. The van der Waals surface area contributed by atoms with Crippen LogP contribution in [0.5, 0.6) is 0 Å². The number of ether oxygens (including phenoxy) is 1. The fourth-order valence-corrected chi connectivity index (χ4v) is 7.97. The molecule has 1 aromatic carbocycles. The number of amides is 3. The predicted octanol–water partition coefficient (Wildman–Crippen LogP) is 2.04. The van der Waals surface area contributed by atoms with Crippen LogP contribution in [0.15, 0.2) is 30.5 Å². The lowest BCUT2D eigenvalue weighted by Crippen LogP contribution is -2.72. The van der Waals surface area contributed by atoms with Gasteiger partial charge in [-0.15, -0.1) is 0 Å². The van der Waals surface area contributed by atoms with Crippen molar-refractivity contribution < 1.29 is 24.2 Å². The Hall–Kier alpha value is -3.21. The number of nitrogens with zero attached hydrogens (tertiary/aromatic N) is 3. The van der Waals surface area contributed by atoms with Gasteiger partial charge in [-0.3, -0.25) is 28.9 Å². The van der Waals surface area contributed by atoms with Crippen molar-refractivity contribution in [1.82, 2.24) is 25.0 Å². The number of aromatic nitrogens is 1. The summed E-state index contributed by atoms with van der Waals surface area (Å²) < 4.78 is 6.40. The van der Waals surface area contributed by atoms with E-state index in [1.807, 2.05) is 33.0 Å². The highest BCUT2D eigenvalue weighted by atomic mass is 16.7. The first-order valence-corrected chi connectivity index (χ1v) is 14.9. The van der Waals surface area contributed by atoms with Gasteiger partial charge in [-0.25, -0.2) is 0 Å². The molecule has 0 radical (unpaired) electrons. The molecule has 218 valence electrons. The number of aliphatic hydroxyl groups is 1. The number of hydrogen-bond acceptors (Lipinski definition) is 6. The molecule has 10 nitrogen and oxygen atoms in total. The molecule has 0 saturated carbocycles. The number of likely N-dealkylation sites (N-methyl/N-ethyl adjacent to an activating group) is 1. The second kappa shape index (κ2) is 8.89. The van der Waals surface area contributed by atoms with Crippen LogP contribution < -0.4 is 5.32 Å². The van der Waals surface area contributed by atoms with E-state index < -0.39 is 41.5 Å². The number of piperazine rings is 1. The van der Waals surface area contributed by atoms with E-state index in [0.717, 1.165) is 23.1 Å². The SMILES string of the molecule is CC(C)C1C(=O)N2CCCC2[C@]2(O)O[C@](NC(=O)C3C=C4c5cccc6[nH]cc(c56)CC4N(C)C3)(C(C)C)C(=O)N12. The molecule has 2 aromatic rings. The van der Waals surface area contributed by atoms with E-state index in [9.17, 15) is 19.5 Å². The lowest BCUT2D eigenvalue weighted by Gasteiger charge is -2.49. The first kappa shape index (κ1) is 26.7. The maximum absolute atomic E-state index is 14.3. The van der Waals surface area contributed by atoms with Crippen LogP contribution >= 0.6 is 0 Å². The van der Waals surface area contributed by atoms with Gasteiger partial charge in [0.05, 0.1) is 5.92 Å². The number of hydrogen-bond donors (Lipinski definition) is 3. The molecule has 10 heteroatoms. The molecular formula is C31H39N5O5. The third kappa shape index (κ3) is 3.50. The molecule has 6 atom stereocenters. The van der Waals surface area contributed by atoms with Crippen LogP contribution in [0.4, 0.5) is 0 Å². The normalized spacial score (nSPS) is 34.8. The number of rotatable bonds is 4. The molecule has 0 bridgehead atoms. The largest absolute Gasteiger partial charge is 0.361 e. The summed E-state index contributed by atoms with van der Waals surface area (Å²) in [6.07, 6.45) is 6.21. The molecule has 3 saturated heterocycles. The molecule has 0 spiro atoms. The second-order valence-corrected chi connectivity index (χ2v) is 13.1. The van der Waals surface area contributed by atoms with E-state index in [1.54, 1.807) is 18.7 Å². The van der Waals surface area contributed by atoms with Crippen LogP contribution in [0.2, 0.25) is 0 Å². The molecule has 1 aromatic heterocycles. The van der Waals surface area contributed by atoms with Crippen LogP contribution in [0.1, 0.15) is 51.7 Å². The van der Waals surface area contributed by atoms with Crippen molar-refractivity contribution >= 4 is 34.2 Å². The molecule has 3 fully saturated rings. The first-order valence-electron chi connectivity index (χ1n) is 14.9. The fourth-order valence-electron chi connectivity index (χ4n) is 7.97. The van der Waals surface area contributed by atoms with Gasteiger partial charge in [-0.2, -0.15) is 0 Å². The van der Waals surface area contributed by atoms with Crippen molar-refractivity contribution in [3.63, 3.8) is 0 Å².